The molecule has 1 atom stereocenters. The molecule has 0 spiro atoms. The summed E-state index contributed by atoms with van der Waals surface area (Å²) in [6.07, 6.45) is 0. The molecule has 0 fully saturated rings. The fraction of sp³-hybridized carbons (Fsp3) is 0.235. The van der Waals surface area contributed by atoms with Gasteiger partial charge in [-0.05, 0) is 30.2 Å². The van der Waals surface area contributed by atoms with E-state index in [2.05, 4.69) is 5.32 Å². The third-order valence-corrected chi connectivity index (χ3v) is 4.80. The van der Waals surface area contributed by atoms with Crippen LogP contribution in [0.2, 0.25) is 0 Å². The first-order valence-electron chi connectivity index (χ1n) is 7.15. The van der Waals surface area contributed by atoms with Crippen molar-refractivity contribution in [3.05, 3.63) is 71.5 Å². The number of hydrogen-bond acceptors (Lipinski definition) is 3. The van der Waals surface area contributed by atoms with Gasteiger partial charge >= 0.3 is 0 Å². The largest absolute Gasteiger partial charge is 0.349 e. The van der Waals surface area contributed by atoms with Gasteiger partial charge in [0.1, 0.15) is 11.6 Å². The Kier molecular flexibility index (Phi) is 5.50. The molecule has 0 bridgehead atoms. The molecule has 0 aliphatic carbocycles. The molecule has 122 valence electrons. The zero-order valence-corrected chi connectivity index (χ0v) is 13.5. The summed E-state index contributed by atoms with van der Waals surface area (Å²) >= 11 is 0. The highest BCUT2D eigenvalue weighted by Crippen LogP contribution is 2.13. The Morgan fingerprint density at radius 1 is 1.09 bits per heavy atom. The van der Waals surface area contributed by atoms with Crippen LogP contribution in [-0.4, -0.2) is 20.1 Å². The van der Waals surface area contributed by atoms with E-state index >= 15 is 0 Å². The molecule has 0 aliphatic rings. The summed E-state index contributed by atoms with van der Waals surface area (Å²) in [6.45, 7) is 1.72. The molecule has 2 rings (SSSR count). The standard InChI is InChI=1S/C17H18FNO3S/c1-13(15-7-9-16(18)10-8-15)19-17(20)12-23(21,22)11-14-5-3-2-4-6-14/h2-10,13H,11-12H2,1H3,(H,19,20). The second-order valence-corrected chi connectivity index (χ2v) is 7.42. The maximum absolute atomic E-state index is 12.9. The third-order valence-electron chi connectivity index (χ3n) is 3.33. The normalized spacial score (nSPS) is 12.6. The quantitative estimate of drug-likeness (QED) is 0.883. The highest BCUT2D eigenvalue weighted by molar-refractivity contribution is 7.91. The summed E-state index contributed by atoms with van der Waals surface area (Å²) in [5.41, 5.74) is 1.35. The number of carbonyl (C=O) groups excluding carboxylic acids is 1. The molecule has 6 heteroatoms. The molecule has 2 aromatic carbocycles. The van der Waals surface area contributed by atoms with Crippen LogP contribution in [0.5, 0.6) is 0 Å². The van der Waals surface area contributed by atoms with E-state index in [1.54, 1.807) is 49.4 Å². The van der Waals surface area contributed by atoms with Gasteiger partial charge in [-0.2, -0.15) is 0 Å². The van der Waals surface area contributed by atoms with Crippen molar-refractivity contribution in [1.29, 1.82) is 0 Å². The summed E-state index contributed by atoms with van der Waals surface area (Å²) in [6, 6.07) is 14.0. The second-order valence-electron chi connectivity index (χ2n) is 5.36. The molecule has 1 N–H and O–H groups in total. The fourth-order valence-corrected chi connectivity index (χ4v) is 3.48. The Hall–Kier alpha value is -2.21. The smallest absolute Gasteiger partial charge is 0.235 e. The maximum Gasteiger partial charge on any atom is 0.235 e. The third kappa shape index (κ3) is 5.49. The van der Waals surface area contributed by atoms with Gasteiger partial charge in [0, 0.05) is 0 Å². The number of rotatable bonds is 6. The van der Waals surface area contributed by atoms with Crippen LogP contribution >= 0.6 is 0 Å². The van der Waals surface area contributed by atoms with Crippen molar-refractivity contribution in [3.63, 3.8) is 0 Å². The minimum Gasteiger partial charge on any atom is -0.349 e. The maximum atomic E-state index is 12.9. The zero-order chi connectivity index (χ0) is 16.9. The topological polar surface area (TPSA) is 63.2 Å². The van der Waals surface area contributed by atoms with Gasteiger partial charge in [0.05, 0.1) is 11.8 Å². The molecule has 0 saturated heterocycles. The van der Waals surface area contributed by atoms with Crippen molar-refractivity contribution in [2.24, 2.45) is 0 Å². The number of nitrogens with one attached hydrogen (secondary N) is 1. The summed E-state index contributed by atoms with van der Waals surface area (Å²) in [5.74, 6) is -1.69. The molecular formula is C17H18FNO3S. The first-order chi connectivity index (χ1) is 10.9. The van der Waals surface area contributed by atoms with Crippen molar-refractivity contribution in [3.8, 4) is 0 Å². The van der Waals surface area contributed by atoms with Crippen LogP contribution in [-0.2, 0) is 20.4 Å². The van der Waals surface area contributed by atoms with E-state index in [4.69, 9.17) is 0 Å². The van der Waals surface area contributed by atoms with E-state index in [1.165, 1.54) is 12.1 Å². The number of amides is 1. The number of halogens is 1. The molecule has 23 heavy (non-hydrogen) atoms. The van der Waals surface area contributed by atoms with Crippen molar-refractivity contribution in [2.75, 3.05) is 5.75 Å². The lowest BCUT2D eigenvalue weighted by Gasteiger charge is -2.14. The van der Waals surface area contributed by atoms with Crippen LogP contribution in [0.3, 0.4) is 0 Å². The minimum atomic E-state index is -3.54. The molecule has 1 unspecified atom stereocenters. The first-order valence-corrected chi connectivity index (χ1v) is 8.97. The van der Waals surface area contributed by atoms with Crippen LogP contribution in [0.1, 0.15) is 24.1 Å². The zero-order valence-electron chi connectivity index (χ0n) is 12.7. The average molecular weight is 335 g/mol. The van der Waals surface area contributed by atoms with Crippen molar-refractivity contribution < 1.29 is 17.6 Å². The van der Waals surface area contributed by atoms with E-state index < -0.39 is 27.5 Å². The van der Waals surface area contributed by atoms with Crippen molar-refractivity contribution in [2.45, 2.75) is 18.7 Å². The number of sulfone groups is 1. The van der Waals surface area contributed by atoms with Gasteiger partial charge in [-0.25, -0.2) is 12.8 Å². The van der Waals surface area contributed by atoms with Crippen LogP contribution in [0.25, 0.3) is 0 Å². The number of benzene rings is 2. The number of carbonyl (C=O) groups is 1. The fourth-order valence-electron chi connectivity index (χ4n) is 2.20. The van der Waals surface area contributed by atoms with Crippen LogP contribution in [0.4, 0.5) is 4.39 Å². The Morgan fingerprint density at radius 3 is 2.30 bits per heavy atom. The predicted octanol–water partition coefficient (Wildman–Crippen LogP) is 2.62. The monoisotopic (exact) mass is 335 g/mol. The summed E-state index contributed by atoms with van der Waals surface area (Å²) < 4.78 is 37.0. The average Bonchev–Trinajstić information content (AvgIpc) is 2.47. The Morgan fingerprint density at radius 2 is 1.70 bits per heavy atom. The highest BCUT2D eigenvalue weighted by Gasteiger charge is 2.19. The predicted molar refractivity (Wildman–Crippen MR) is 86.9 cm³/mol. The van der Waals surface area contributed by atoms with E-state index in [-0.39, 0.29) is 11.6 Å². The molecule has 2 aromatic rings. The van der Waals surface area contributed by atoms with E-state index in [9.17, 15) is 17.6 Å². The lowest BCUT2D eigenvalue weighted by atomic mass is 10.1. The van der Waals surface area contributed by atoms with E-state index in [1.807, 2.05) is 0 Å². The Labute approximate surface area is 135 Å². The van der Waals surface area contributed by atoms with Crippen LogP contribution in [0.15, 0.2) is 54.6 Å². The molecule has 1 amide bonds. The van der Waals surface area contributed by atoms with E-state index in [0.29, 0.717) is 11.1 Å². The van der Waals surface area contributed by atoms with Gasteiger partial charge in [0.25, 0.3) is 0 Å². The minimum absolute atomic E-state index is 0.174. The lowest BCUT2D eigenvalue weighted by molar-refractivity contribution is -0.119. The van der Waals surface area contributed by atoms with Gasteiger partial charge < -0.3 is 5.32 Å². The molecule has 0 radical (unpaired) electrons. The lowest BCUT2D eigenvalue weighted by Crippen LogP contribution is -2.32. The second kappa shape index (κ2) is 7.37. The van der Waals surface area contributed by atoms with Crippen molar-refractivity contribution in [1.82, 2.24) is 5.32 Å². The number of hydrogen-bond donors (Lipinski definition) is 1. The Bertz CT molecular complexity index is 758. The van der Waals surface area contributed by atoms with Gasteiger partial charge in [0.2, 0.25) is 5.91 Å². The van der Waals surface area contributed by atoms with Crippen LogP contribution in [0, 0.1) is 5.82 Å². The van der Waals surface area contributed by atoms with Gasteiger partial charge in [-0.15, -0.1) is 0 Å². The van der Waals surface area contributed by atoms with Gasteiger partial charge in [0.15, 0.2) is 9.84 Å². The highest BCUT2D eigenvalue weighted by atomic mass is 32.2. The molecular weight excluding hydrogens is 317 g/mol. The molecule has 4 nitrogen and oxygen atoms in total. The van der Waals surface area contributed by atoms with Gasteiger partial charge in [-0.1, -0.05) is 42.5 Å². The molecule has 0 heterocycles. The molecule has 0 aromatic heterocycles. The summed E-state index contributed by atoms with van der Waals surface area (Å²) in [5, 5.41) is 2.62. The van der Waals surface area contributed by atoms with E-state index in [0.717, 1.165) is 0 Å². The first kappa shape index (κ1) is 17.1. The summed E-state index contributed by atoms with van der Waals surface area (Å²) in [7, 11) is -3.54. The van der Waals surface area contributed by atoms with Crippen molar-refractivity contribution >= 4 is 15.7 Å². The summed E-state index contributed by atoms with van der Waals surface area (Å²) in [4.78, 5) is 11.9. The molecule has 0 saturated carbocycles. The SMILES string of the molecule is CC(NC(=O)CS(=O)(=O)Cc1ccccc1)c1ccc(F)cc1. The van der Waals surface area contributed by atoms with Gasteiger partial charge in [-0.3, -0.25) is 4.79 Å². The van der Waals surface area contributed by atoms with Crippen LogP contribution < -0.4 is 5.32 Å². The Balaban J connectivity index is 1.94. The molecule has 0 aliphatic heterocycles.